The van der Waals surface area contributed by atoms with Crippen LogP contribution in [0.2, 0.25) is 0 Å². The summed E-state index contributed by atoms with van der Waals surface area (Å²) in [5.41, 5.74) is 0. The van der Waals surface area contributed by atoms with Crippen LogP contribution >= 0.6 is 11.8 Å². The van der Waals surface area contributed by atoms with Gasteiger partial charge in [-0.1, -0.05) is 13.3 Å². The second-order valence-electron chi connectivity index (χ2n) is 5.34. The van der Waals surface area contributed by atoms with E-state index in [-0.39, 0.29) is 11.4 Å². The van der Waals surface area contributed by atoms with E-state index in [1.54, 1.807) is 0 Å². The summed E-state index contributed by atoms with van der Waals surface area (Å²) in [6, 6.07) is -0.990. The second-order valence-corrected chi connectivity index (χ2v) is 8.34. The molecule has 2 aliphatic heterocycles. The minimum Gasteiger partial charge on any atom is -0.480 e. The Hall–Kier alpha value is -0.310. The van der Waals surface area contributed by atoms with Gasteiger partial charge in [0.05, 0.1) is 5.37 Å². The quantitative estimate of drug-likeness (QED) is 0.845. The zero-order valence-corrected chi connectivity index (χ0v) is 13.5. The molecule has 0 bridgehead atoms. The average Bonchev–Trinajstić information content (AvgIpc) is 2.83. The zero-order valence-electron chi connectivity index (χ0n) is 11.9. The maximum atomic E-state index is 12.9. The largest absolute Gasteiger partial charge is 0.480 e. The molecule has 0 amide bonds. The molecule has 2 heterocycles. The van der Waals surface area contributed by atoms with Crippen LogP contribution in [0.5, 0.6) is 0 Å². The number of aliphatic carboxylic acids is 1. The van der Waals surface area contributed by atoms with E-state index in [0.29, 0.717) is 18.7 Å². The van der Waals surface area contributed by atoms with E-state index in [2.05, 4.69) is 0 Å². The Kier molecular flexibility index (Phi) is 4.99. The van der Waals surface area contributed by atoms with Gasteiger partial charge in [-0.05, 0) is 26.2 Å². The third kappa shape index (κ3) is 2.84. The van der Waals surface area contributed by atoms with Crippen LogP contribution in [0.25, 0.3) is 0 Å². The van der Waals surface area contributed by atoms with Gasteiger partial charge < -0.3 is 5.11 Å². The van der Waals surface area contributed by atoms with Crippen LogP contribution in [0, 0.1) is 0 Å². The Morgan fingerprint density at radius 3 is 2.65 bits per heavy atom. The van der Waals surface area contributed by atoms with Gasteiger partial charge in [-0.3, -0.25) is 4.79 Å². The number of piperidine rings is 1. The topological polar surface area (TPSA) is 77.9 Å². The molecule has 0 aliphatic carbocycles. The van der Waals surface area contributed by atoms with E-state index < -0.39 is 22.2 Å². The van der Waals surface area contributed by atoms with Gasteiger partial charge in [-0.25, -0.2) is 0 Å². The Morgan fingerprint density at radius 2 is 2.10 bits per heavy atom. The first-order valence-electron chi connectivity index (χ1n) is 7.04. The summed E-state index contributed by atoms with van der Waals surface area (Å²) >= 11 is 1.42. The van der Waals surface area contributed by atoms with Crippen LogP contribution in [0.15, 0.2) is 0 Å². The Morgan fingerprint density at radius 1 is 1.40 bits per heavy atom. The summed E-state index contributed by atoms with van der Waals surface area (Å²) < 4.78 is 28.4. The third-order valence-corrected chi connectivity index (χ3v) is 7.74. The van der Waals surface area contributed by atoms with Crippen LogP contribution in [-0.2, 0) is 15.0 Å². The average molecular weight is 322 g/mol. The lowest BCUT2D eigenvalue weighted by molar-refractivity contribution is -0.140. The maximum Gasteiger partial charge on any atom is 0.322 e. The molecule has 0 aromatic heterocycles. The smallest absolute Gasteiger partial charge is 0.322 e. The van der Waals surface area contributed by atoms with Gasteiger partial charge in [0, 0.05) is 18.3 Å². The highest BCUT2D eigenvalue weighted by Gasteiger charge is 2.48. The lowest BCUT2D eigenvalue weighted by Gasteiger charge is -2.37. The fraction of sp³-hybridized carbons (Fsp3) is 0.917. The van der Waals surface area contributed by atoms with Crippen molar-refractivity contribution in [3.05, 3.63) is 0 Å². The number of carboxylic acid groups (broad SMARTS) is 1. The Labute approximate surface area is 124 Å². The summed E-state index contributed by atoms with van der Waals surface area (Å²) in [6.07, 6.45) is 3.34. The number of hydrogen-bond donors (Lipinski definition) is 1. The van der Waals surface area contributed by atoms with E-state index in [0.717, 1.165) is 19.3 Å². The first-order chi connectivity index (χ1) is 9.39. The van der Waals surface area contributed by atoms with Crippen LogP contribution in [0.1, 0.15) is 39.5 Å². The Balaban J connectivity index is 2.31. The number of carboxylic acids is 1. The molecule has 0 aromatic rings. The summed E-state index contributed by atoms with van der Waals surface area (Å²) in [6.45, 7) is 4.29. The van der Waals surface area contributed by atoms with Gasteiger partial charge in [0.2, 0.25) is 0 Å². The minimum atomic E-state index is -3.70. The predicted molar refractivity (Wildman–Crippen MR) is 78.7 cm³/mol. The van der Waals surface area contributed by atoms with Crippen molar-refractivity contribution >= 4 is 27.9 Å². The summed E-state index contributed by atoms with van der Waals surface area (Å²) in [7, 11) is -3.70. The number of carbonyl (C=O) groups is 1. The number of thioether (sulfide) groups is 1. The van der Waals surface area contributed by atoms with Crippen molar-refractivity contribution in [2.24, 2.45) is 0 Å². The zero-order chi connectivity index (χ0) is 14.9. The van der Waals surface area contributed by atoms with Gasteiger partial charge >= 0.3 is 5.97 Å². The number of rotatable bonds is 4. The lowest BCUT2D eigenvalue weighted by atomic mass is 10.1. The third-order valence-electron chi connectivity index (χ3n) is 3.98. The van der Waals surface area contributed by atoms with Crippen molar-refractivity contribution in [1.82, 2.24) is 8.61 Å². The SMILES string of the molecule is CCC1SCC(C(=O)O)N1S(=O)(=O)N1CCCCC1C. The van der Waals surface area contributed by atoms with Crippen molar-refractivity contribution in [2.75, 3.05) is 12.3 Å². The molecule has 2 fully saturated rings. The second kappa shape index (κ2) is 6.21. The van der Waals surface area contributed by atoms with E-state index in [4.69, 9.17) is 0 Å². The predicted octanol–water partition coefficient (Wildman–Crippen LogP) is 1.34. The first kappa shape index (κ1) is 16.1. The van der Waals surface area contributed by atoms with Crippen LogP contribution in [0.3, 0.4) is 0 Å². The van der Waals surface area contributed by atoms with E-state index in [9.17, 15) is 18.3 Å². The molecule has 116 valence electrons. The summed E-state index contributed by atoms with van der Waals surface area (Å²) in [4.78, 5) is 11.3. The van der Waals surface area contributed by atoms with Crippen molar-refractivity contribution in [3.8, 4) is 0 Å². The molecule has 0 aromatic carbocycles. The van der Waals surface area contributed by atoms with Crippen molar-refractivity contribution in [3.63, 3.8) is 0 Å². The van der Waals surface area contributed by atoms with Gasteiger partial charge in [-0.2, -0.15) is 17.0 Å². The van der Waals surface area contributed by atoms with Gasteiger partial charge in [0.15, 0.2) is 0 Å². The molecule has 2 rings (SSSR count). The molecular formula is C12H22N2O4S2. The molecule has 6 nitrogen and oxygen atoms in total. The lowest BCUT2D eigenvalue weighted by Crippen LogP contribution is -2.55. The highest BCUT2D eigenvalue weighted by molar-refractivity contribution is 8.01. The molecule has 1 N–H and O–H groups in total. The number of hydrogen-bond acceptors (Lipinski definition) is 4. The molecule has 0 radical (unpaired) electrons. The monoisotopic (exact) mass is 322 g/mol. The van der Waals surface area contributed by atoms with Crippen LogP contribution < -0.4 is 0 Å². The molecule has 2 aliphatic rings. The fourth-order valence-corrected chi connectivity index (χ4v) is 6.81. The molecule has 0 saturated carbocycles. The normalized spacial score (nSPS) is 33.4. The van der Waals surface area contributed by atoms with Crippen molar-refractivity contribution < 1.29 is 18.3 Å². The van der Waals surface area contributed by atoms with E-state index >= 15 is 0 Å². The summed E-state index contributed by atoms with van der Waals surface area (Å²) in [5, 5.41) is 9.02. The van der Waals surface area contributed by atoms with E-state index in [1.807, 2.05) is 13.8 Å². The number of nitrogens with zero attached hydrogens (tertiary/aromatic N) is 2. The molecule has 8 heteroatoms. The molecule has 3 atom stereocenters. The highest BCUT2D eigenvalue weighted by Crippen LogP contribution is 2.36. The highest BCUT2D eigenvalue weighted by atomic mass is 32.2. The molecular weight excluding hydrogens is 300 g/mol. The van der Waals surface area contributed by atoms with Crippen LogP contribution in [-0.4, -0.2) is 57.9 Å². The Bertz CT molecular complexity index is 468. The standard InChI is InChI=1S/C12H22N2O4S2/c1-3-11-14(10(8-19-11)12(15)16)20(17,18)13-7-5-4-6-9(13)2/h9-11H,3-8H2,1-2H3,(H,15,16). The van der Waals surface area contributed by atoms with E-state index in [1.165, 1.54) is 20.4 Å². The maximum absolute atomic E-state index is 12.9. The first-order valence-corrected chi connectivity index (χ1v) is 9.49. The van der Waals surface area contributed by atoms with Crippen LogP contribution in [0.4, 0.5) is 0 Å². The van der Waals surface area contributed by atoms with Crippen molar-refractivity contribution in [1.29, 1.82) is 0 Å². The molecule has 3 unspecified atom stereocenters. The van der Waals surface area contributed by atoms with Gasteiger partial charge in [0.25, 0.3) is 10.2 Å². The molecule has 20 heavy (non-hydrogen) atoms. The molecule has 2 saturated heterocycles. The summed E-state index contributed by atoms with van der Waals surface area (Å²) in [5.74, 6) is -0.725. The van der Waals surface area contributed by atoms with Gasteiger partial charge in [-0.15, -0.1) is 11.8 Å². The van der Waals surface area contributed by atoms with Crippen molar-refractivity contribution in [2.45, 2.75) is 57.0 Å². The minimum absolute atomic E-state index is 0.0497. The van der Waals surface area contributed by atoms with Gasteiger partial charge in [0.1, 0.15) is 6.04 Å². The fourth-order valence-electron chi connectivity index (χ4n) is 2.87. The molecule has 0 spiro atoms.